The molecule has 4 nitrogen and oxygen atoms in total. The lowest BCUT2D eigenvalue weighted by Crippen LogP contribution is -2.28. The first kappa shape index (κ1) is 28.0. The normalized spacial score (nSPS) is 14.7. The maximum Gasteiger partial charge on any atom is 0.160 e. The fourth-order valence-electron chi connectivity index (χ4n) is 8.50. The molecule has 0 N–H and O–H groups in total. The molecule has 0 bridgehead atoms. The van der Waals surface area contributed by atoms with E-state index in [0.717, 1.165) is 73.8 Å². The Morgan fingerprint density at radius 1 is 0.551 bits per heavy atom. The van der Waals surface area contributed by atoms with Crippen molar-refractivity contribution >= 4 is 32.7 Å². The zero-order chi connectivity index (χ0) is 32.5. The van der Waals surface area contributed by atoms with Crippen LogP contribution in [0.3, 0.4) is 0 Å². The van der Waals surface area contributed by atoms with Crippen molar-refractivity contribution in [2.45, 2.75) is 37.5 Å². The summed E-state index contributed by atoms with van der Waals surface area (Å²) in [7, 11) is 0. The van der Waals surface area contributed by atoms with Crippen molar-refractivity contribution in [3.63, 3.8) is 0 Å². The molecule has 6 aromatic carbocycles. The highest BCUT2D eigenvalue weighted by molar-refractivity contribution is 6.05. The lowest BCUT2D eigenvalue weighted by molar-refractivity contribution is 0.353. The molecule has 0 saturated heterocycles. The second-order valence-electron chi connectivity index (χ2n) is 13.6. The Hall–Kier alpha value is -6.05. The topological polar surface area (TPSA) is 62.7 Å². The van der Waals surface area contributed by atoms with Crippen LogP contribution in [0.1, 0.15) is 48.8 Å². The molecule has 49 heavy (non-hydrogen) atoms. The number of benzene rings is 6. The largest absolute Gasteiger partial charge is 0.456 e. The monoisotopic (exact) mass is 629 g/mol. The number of aromatic nitrogens is 2. The van der Waals surface area contributed by atoms with Gasteiger partial charge in [0.2, 0.25) is 0 Å². The van der Waals surface area contributed by atoms with Crippen molar-refractivity contribution in [2.24, 2.45) is 0 Å². The van der Waals surface area contributed by atoms with E-state index in [1.54, 1.807) is 0 Å². The van der Waals surface area contributed by atoms with E-state index in [-0.39, 0.29) is 5.41 Å². The molecule has 232 valence electrons. The smallest absolute Gasteiger partial charge is 0.160 e. The third-order valence-corrected chi connectivity index (χ3v) is 10.9. The third-order valence-electron chi connectivity index (χ3n) is 10.9. The standard InChI is InChI=1S/C45H31N3O/c46-27-28-12-17-34-35-18-15-31(24-39(35)45(38(34)22-28)20-6-1-7-21-45)40-26-41(32-16-19-37-36-10-4-5-11-42(36)49-43(37)25-32)48-44(47-40)33-14-13-29-8-2-3-9-30(29)23-33/h2-5,8-19,22-26H,1,6-7,20-21H2. The molecule has 4 heteroatoms. The average Bonchev–Trinajstić information content (AvgIpc) is 3.66. The molecule has 8 aromatic rings. The van der Waals surface area contributed by atoms with Gasteiger partial charge in [-0.25, -0.2) is 9.97 Å². The van der Waals surface area contributed by atoms with Crippen LogP contribution in [0.4, 0.5) is 0 Å². The van der Waals surface area contributed by atoms with Gasteiger partial charge >= 0.3 is 0 Å². The number of nitrogens with zero attached hydrogens (tertiary/aromatic N) is 3. The molecule has 1 spiro atoms. The minimum Gasteiger partial charge on any atom is -0.456 e. The third kappa shape index (κ3) is 4.36. The second kappa shape index (κ2) is 10.7. The second-order valence-corrected chi connectivity index (χ2v) is 13.6. The van der Waals surface area contributed by atoms with Crippen LogP contribution in [0.2, 0.25) is 0 Å². The highest BCUT2D eigenvalue weighted by Gasteiger charge is 2.44. The van der Waals surface area contributed by atoms with E-state index in [0.29, 0.717) is 5.82 Å². The van der Waals surface area contributed by atoms with E-state index in [9.17, 15) is 5.26 Å². The minimum absolute atomic E-state index is 0.0743. The van der Waals surface area contributed by atoms with Crippen LogP contribution in [-0.4, -0.2) is 9.97 Å². The molecule has 1 fully saturated rings. The number of hydrogen-bond acceptors (Lipinski definition) is 4. The van der Waals surface area contributed by atoms with Gasteiger partial charge in [-0.3, -0.25) is 0 Å². The molecule has 1 saturated carbocycles. The number of fused-ring (bicyclic) bond motifs is 9. The zero-order valence-electron chi connectivity index (χ0n) is 26.9. The summed E-state index contributed by atoms with van der Waals surface area (Å²) in [6, 6.07) is 47.1. The minimum atomic E-state index is -0.0743. The lowest BCUT2D eigenvalue weighted by atomic mass is 9.67. The van der Waals surface area contributed by atoms with E-state index in [2.05, 4.69) is 109 Å². The molecule has 0 radical (unpaired) electrons. The summed E-state index contributed by atoms with van der Waals surface area (Å²) in [5.74, 6) is 0.692. The number of nitriles is 1. The molecule has 2 aliphatic carbocycles. The van der Waals surface area contributed by atoms with Gasteiger partial charge in [0.1, 0.15) is 11.2 Å². The van der Waals surface area contributed by atoms with Gasteiger partial charge in [-0.15, -0.1) is 0 Å². The van der Waals surface area contributed by atoms with E-state index >= 15 is 0 Å². The Balaban J connectivity index is 1.17. The number of para-hydroxylation sites is 1. The van der Waals surface area contributed by atoms with Crippen LogP contribution < -0.4 is 0 Å². The van der Waals surface area contributed by atoms with Crippen LogP contribution >= 0.6 is 0 Å². The molecule has 0 aliphatic heterocycles. The first-order valence-electron chi connectivity index (χ1n) is 17.2. The Morgan fingerprint density at radius 3 is 2.06 bits per heavy atom. The van der Waals surface area contributed by atoms with Crippen molar-refractivity contribution < 1.29 is 4.42 Å². The summed E-state index contributed by atoms with van der Waals surface area (Å²) in [4.78, 5) is 10.5. The maximum absolute atomic E-state index is 9.79. The number of furan rings is 1. The Kier molecular flexibility index (Phi) is 6.14. The molecule has 2 aliphatic rings. The van der Waals surface area contributed by atoms with Crippen LogP contribution in [-0.2, 0) is 5.41 Å². The van der Waals surface area contributed by atoms with Gasteiger partial charge in [0.15, 0.2) is 5.82 Å². The molecule has 0 unspecified atom stereocenters. The molecule has 0 amide bonds. The fourth-order valence-corrected chi connectivity index (χ4v) is 8.50. The van der Waals surface area contributed by atoms with Gasteiger partial charge in [-0.05, 0) is 94.4 Å². The average molecular weight is 630 g/mol. The summed E-state index contributed by atoms with van der Waals surface area (Å²) in [5, 5.41) is 14.3. The van der Waals surface area contributed by atoms with Gasteiger partial charge in [-0.2, -0.15) is 5.26 Å². The summed E-state index contributed by atoms with van der Waals surface area (Å²) in [6.45, 7) is 0. The summed E-state index contributed by atoms with van der Waals surface area (Å²) in [5.41, 5.74) is 12.4. The molecule has 10 rings (SSSR count). The van der Waals surface area contributed by atoms with Gasteiger partial charge in [0.25, 0.3) is 0 Å². The van der Waals surface area contributed by atoms with Gasteiger partial charge in [-0.1, -0.05) is 98.1 Å². The van der Waals surface area contributed by atoms with E-state index in [1.165, 1.54) is 46.9 Å². The number of rotatable bonds is 3. The highest BCUT2D eigenvalue weighted by Crippen LogP contribution is 2.56. The van der Waals surface area contributed by atoms with Crippen LogP contribution in [0, 0.1) is 11.3 Å². The molecular formula is C45H31N3O. The van der Waals surface area contributed by atoms with Crippen LogP contribution in [0.5, 0.6) is 0 Å². The summed E-state index contributed by atoms with van der Waals surface area (Å²) >= 11 is 0. The maximum atomic E-state index is 9.79. The zero-order valence-corrected chi connectivity index (χ0v) is 26.9. The molecule has 2 aromatic heterocycles. The Morgan fingerprint density at radius 2 is 1.22 bits per heavy atom. The first-order chi connectivity index (χ1) is 24.2. The predicted molar refractivity (Wildman–Crippen MR) is 197 cm³/mol. The first-order valence-corrected chi connectivity index (χ1v) is 17.2. The molecular weight excluding hydrogens is 599 g/mol. The van der Waals surface area contributed by atoms with Crippen molar-refractivity contribution in [2.75, 3.05) is 0 Å². The van der Waals surface area contributed by atoms with Crippen molar-refractivity contribution in [3.8, 4) is 51.1 Å². The van der Waals surface area contributed by atoms with Gasteiger partial charge in [0.05, 0.1) is 23.0 Å². The number of hydrogen-bond donors (Lipinski definition) is 0. The van der Waals surface area contributed by atoms with Gasteiger partial charge in [0, 0.05) is 32.9 Å². The van der Waals surface area contributed by atoms with Crippen molar-refractivity contribution in [3.05, 3.63) is 144 Å². The lowest BCUT2D eigenvalue weighted by Gasteiger charge is -2.36. The van der Waals surface area contributed by atoms with Crippen molar-refractivity contribution in [1.29, 1.82) is 5.26 Å². The quantitative estimate of drug-likeness (QED) is 0.195. The van der Waals surface area contributed by atoms with Crippen LogP contribution in [0.15, 0.2) is 132 Å². The highest BCUT2D eigenvalue weighted by atomic mass is 16.3. The summed E-state index contributed by atoms with van der Waals surface area (Å²) < 4.78 is 6.29. The predicted octanol–water partition coefficient (Wildman–Crippen LogP) is 11.6. The Bertz CT molecular complexity index is 2670. The van der Waals surface area contributed by atoms with Gasteiger partial charge < -0.3 is 4.42 Å². The SMILES string of the molecule is N#Cc1ccc2c(c1)C1(CCCCC1)c1cc(-c3cc(-c4ccc5c(c4)oc4ccccc45)nc(-c4ccc5ccccc5c4)n3)ccc1-2. The summed E-state index contributed by atoms with van der Waals surface area (Å²) in [6.07, 6.45) is 5.83. The van der Waals surface area contributed by atoms with E-state index < -0.39 is 0 Å². The van der Waals surface area contributed by atoms with E-state index in [4.69, 9.17) is 14.4 Å². The molecule has 2 heterocycles. The van der Waals surface area contributed by atoms with Crippen molar-refractivity contribution in [1.82, 2.24) is 9.97 Å². The van der Waals surface area contributed by atoms with E-state index in [1.807, 2.05) is 24.3 Å². The fraction of sp³-hybridized carbons (Fsp3) is 0.133. The van der Waals surface area contributed by atoms with Crippen LogP contribution in [0.25, 0.3) is 77.7 Å². The molecule has 0 atom stereocenters. The Labute approximate surface area is 284 Å².